The molecule has 0 bridgehead atoms. The van der Waals surface area contributed by atoms with E-state index in [9.17, 15) is 4.39 Å². The molecule has 25 heavy (non-hydrogen) atoms. The van der Waals surface area contributed by atoms with E-state index < -0.39 is 0 Å². The number of fused-ring (bicyclic) bond motifs is 3. The first-order valence-corrected chi connectivity index (χ1v) is 8.96. The van der Waals surface area contributed by atoms with Crippen LogP contribution in [-0.2, 0) is 0 Å². The van der Waals surface area contributed by atoms with Crippen LogP contribution in [0.4, 0.5) is 4.39 Å². The maximum Gasteiger partial charge on any atom is 0.196 e. The highest BCUT2D eigenvalue weighted by Crippen LogP contribution is 2.25. The maximum absolute atomic E-state index is 13.6. The van der Waals surface area contributed by atoms with E-state index in [0.717, 1.165) is 16.3 Å². The van der Waals surface area contributed by atoms with Crippen LogP contribution >= 0.6 is 11.8 Å². The Kier molecular flexibility index (Phi) is 4.28. The minimum Gasteiger partial charge on any atom is -0.490 e. The van der Waals surface area contributed by atoms with E-state index in [0.29, 0.717) is 12.4 Å². The van der Waals surface area contributed by atoms with Gasteiger partial charge in [0.25, 0.3) is 0 Å². The number of para-hydroxylation sites is 2. The van der Waals surface area contributed by atoms with Crippen LogP contribution in [0.5, 0.6) is 5.75 Å². The van der Waals surface area contributed by atoms with Gasteiger partial charge in [-0.3, -0.25) is 4.40 Å². The van der Waals surface area contributed by atoms with Crippen molar-refractivity contribution in [3.63, 3.8) is 0 Å². The molecule has 0 atom stereocenters. The number of rotatable bonds is 5. The fourth-order valence-electron chi connectivity index (χ4n) is 2.81. The van der Waals surface area contributed by atoms with Gasteiger partial charge in [0, 0.05) is 11.1 Å². The van der Waals surface area contributed by atoms with Crippen LogP contribution in [0.15, 0.2) is 59.8 Å². The van der Waals surface area contributed by atoms with Gasteiger partial charge in [-0.2, -0.15) is 0 Å². The van der Waals surface area contributed by atoms with Gasteiger partial charge >= 0.3 is 0 Å². The number of thioether (sulfide) groups is 1. The molecule has 0 radical (unpaired) electrons. The van der Waals surface area contributed by atoms with Crippen molar-refractivity contribution in [2.24, 2.45) is 0 Å². The smallest absolute Gasteiger partial charge is 0.196 e. The van der Waals surface area contributed by atoms with Crippen LogP contribution in [0.3, 0.4) is 0 Å². The summed E-state index contributed by atoms with van der Waals surface area (Å²) in [6, 6.07) is 16.7. The van der Waals surface area contributed by atoms with Gasteiger partial charge in [0.1, 0.15) is 0 Å². The molecule has 4 rings (SSSR count). The number of pyridine rings is 1. The van der Waals surface area contributed by atoms with Crippen LogP contribution in [0.25, 0.3) is 16.6 Å². The molecule has 4 nitrogen and oxygen atoms in total. The van der Waals surface area contributed by atoms with E-state index in [1.165, 1.54) is 17.0 Å². The molecular weight excluding hydrogens is 337 g/mol. The van der Waals surface area contributed by atoms with Crippen molar-refractivity contribution < 1.29 is 9.13 Å². The molecule has 0 unspecified atom stereocenters. The summed E-state index contributed by atoms with van der Waals surface area (Å²) >= 11 is 1.54. The normalized spacial score (nSPS) is 11.3. The fourth-order valence-corrected chi connectivity index (χ4v) is 3.58. The second-order valence-corrected chi connectivity index (χ2v) is 6.71. The lowest BCUT2D eigenvalue weighted by molar-refractivity contribution is 0.325. The Morgan fingerprint density at radius 2 is 1.88 bits per heavy atom. The molecule has 0 aliphatic rings. The molecule has 0 spiro atoms. The third-order valence-electron chi connectivity index (χ3n) is 3.98. The van der Waals surface area contributed by atoms with Crippen molar-refractivity contribution in [1.29, 1.82) is 0 Å². The number of hydrogen-bond acceptors (Lipinski definition) is 4. The number of benzene rings is 2. The average Bonchev–Trinajstić information content (AvgIpc) is 3.03. The van der Waals surface area contributed by atoms with Crippen LogP contribution in [0.1, 0.15) is 5.56 Å². The summed E-state index contributed by atoms with van der Waals surface area (Å²) in [7, 11) is 0. The van der Waals surface area contributed by atoms with Gasteiger partial charge in [-0.1, -0.05) is 42.1 Å². The zero-order chi connectivity index (χ0) is 17.2. The molecule has 2 heterocycles. The first-order valence-electron chi connectivity index (χ1n) is 7.97. The number of nitrogens with zero attached hydrogens (tertiary/aromatic N) is 3. The predicted octanol–water partition coefficient (Wildman–Crippen LogP) is 4.50. The number of aryl methyl sites for hydroxylation is 1. The van der Waals surface area contributed by atoms with E-state index in [1.54, 1.807) is 30.0 Å². The van der Waals surface area contributed by atoms with Crippen LogP contribution in [-0.4, -0.2) is 27.0 Å². The van der Waals surface area contributed by atoms with Crippen LogP contribution in [0, 0.1) is 12.7 Å². The Bertz CT molecular complexity index is 1050. The number of halogens is 1. The average molecular weight is 353 g/mol. The van der Waals surface area contributed by atoms with Crippen LogP contribution < -0.4 is 4.74 Å². The van der Waals surface area contributed by atoms with E-state index in [2.05, 4.69) is 33.7 Å². The van der Waals surface area contributed by atoms with E-state index in [1.807, 2.05) is 18.2 Å². The molecule has 0 N–H and O–H groups in total. The number of hydrogen-bond donors (Lipinski definition) is 0. The summed E-state index contributed by atoms with van der Waals surface area (Å²) < 4.78 is 21.1. The van der Waals surface area contributed by atoms with Gasteiger partial charge in [0.2, 0.25) is 0 Å². The summed E-state index contributed by atoms with van der Waals surface area (Å²) in [5, 5.41) is 10.6. The van der Waals surface area contributed by atoms with Gasteiger partial charge in [-0.05, 0) is 36.8 Å². The fraction of sp³-hybridized carbons (Fsp3) is 0.158. The Labute approximate surface area is 148 Å². The summed E-state index contributed by atoms with van der Waals surface area (Å²) in [5.74, 6) is 0.578. The van der Waals surface area contributed by atoms with E-state index in [-0.39, 0.29) is 11.6 Å². The van der Waals surface area contributed by atoms with Crippen molar-refractivity contribution in [3.05, 3.63) is 66.0 Å². The van der Waals surface area contributed by atoms with Crippen molar-refractivity contribution in [2.75, 3.05) is 12.4 Å². The SMILES string of the molecule is Cc1cc2nnc(SCCOc3ccccc3F)n2c2ccccc12. The molecule has 0 aliphatic carbocycles. The predicted molar refractivity (Wildman–Crippen MR) is 97.8 cm³/mol. The van der Waals surface area contributed by atoms with Crippen molar-refractivity contribution >= 4 is 28.3 Å². The number of ether oxygens (including phenoxy) is 1. The van der Waals surface area contributed by atoms with Crippen molar-refractivity contribution in [2.45, 2.75) is 12.1 Å². The Morgan fingerprint density at radius 3 is 2.76 bits per heavy atom. The number of aromatic nitrogens is 3. The second-order valence-electron chi connectivity index (χ2n) is 5.65. The molecule has 0 saturated heterocycles. The Hall–Kier alpha value is -2.60. The molecule has 126 valence electrons. The lowest BCUT2D eigenvalue weighted by Crippen LogP contribution is -2.02. The first-order chi connectivity index (χ1) is 12.2. The zero-order valence-electron chi connectivity index (χ0n) is 13.6. The zero-order valence-corrected chi connectivity index (χ0v) is 14.5. The van der Waals surface area contributed by atoms with Crippen molar-refractivity contribution in [1.82, 2.24) is 14.6 Å². The van der Waals surface area contributed by atoms with Gasteiger partial charge in [-0.25, -0.2) is 4.39 Å². The highest BCUT2D eigenvalue weighted by molar-refractivity contribution is 7.99. The quantitative estimate of drug-likeness (QED) is 0.391. The molecule has 0 saturated carbocycles. The topological polar surface area (TPSA) is 39.4 Å². The summed E-state index contributed by atoms with van der Waals surface area (Å²) in [6.07, 6.45) is 0. The van der Waals surface area contributed by atoms with Gasteiger partial charge in [0.15, 0.2) is 22.4 Å². The first kappa shape index (κ1) is 15.9. The third kappa shape index (κ3) is 3.05. The van der Waals surface area contributed by atoms with Gasteiger partial charge in [0.05, 0.1) is 12.1 Å². The lowest BCUT2D eigenvalue weighted by Gasteiger charge is -2.08. The molecule has 6 heteroatoms. The largest absolute Gasteiger partial charge is 0.490 e. The van der Waals surface area contributed by atoms with Gasteiger partial charge in [-0.15, -0.1) is 10.2 Å². The minimum atomic E-state index is -0.345. The molecule has 0 fully saturated rings. The molecular formula is C19H16FN3OS. The summed E-state index contributed by atoms with van der Waals surface area (Å²) in [6.45, 7) is 2.47. The summed E-state index contributed by atoms with van der Waals surface area (Å²) in [4.78, 5) is 0. The highest BCUT2D eigenvalue weighted by Gasteiger charge is 2.11. The maximum atomic E-state index is 13.6. The minimum absolute atomic E-state index is 0.273. The third-order valence-corrected chi connectivity index (χ3v) is 4.88. The lowest BCUT2D eigenvalue weighted by atomic mass is 10.1. The second kappa shape index (κ2) is 6.72. The molecule has 0 aliphatic heterocycles. The highest BCUT2D eigenvalue weighted by atomic mass is 32.2. The molecule has 2 aromatic carbocycles. The molecule has 2 aromatic heterocycles. The standard InChI is InChI=1S/C19H16FN3OS/c1-13-12-18-21-22-19(23(18)16-8-4-2-6-14(13)16)25-11-10-24-17-9-5-3-7-15(17)20/h2-9,12H,10-11H2,1H3. The van der Waals surface area contributed by atoms with E-state index >= 15 is 0 Å². The van der Waals surface area contributed by atoms with Gasteiger partial charge < -0.3 is 4.74 Å². The van der Waals surface area contributed by atoms with Crippen LogP contribution in [0.2, 0.25) is 0 Å². The Morgan fingerprint density at radius 1 is 1.08 bits per heavy atom. The molecule has 4 aromatic rings. The summed E-state index contributed by atoms with van der Waals surface area (Å²) in [5.41, 5.74) is 3.09. The van der Waals surface area contributed by atoms with E-state index in [4.69, 9.17) is 4.74 Å². The van der Waals surface area contributed by atoms with Crippen molar-refractivity contribution in [3.8, 4) is 5.75 Å². The Balaban J connectivity index is 1.54. The monoisotopic (exact) mass is 353 g/mol. The molecule has 0 amide bonds.